The second-order valence-corrected chi connectivity index (χ2v) is 4.50. The number of benzene rings is 2. The van der Waals surface area contributed by atoms with Gasteiger partial charge in [0.2, 0.25) is 0 Å². The topological polar surface area (TPSA) is 53.2 Å². The summed E-state index contributed by atoms with van der Waals surface area (Å²) < 4.78 is 5.81. The first-order valence-electron chi connectivity index (χ1n) is 6.56. The third kappa shape index (κ3) is 3.86. The van der Waals surface area contributed by atoms with Crippen molar-refractivity contribution in [2.24, 2.45) is 0 Å². The van der Waals surface area contributed by atoms with E-state index in [0.717, 1.165) is 16.7 Å². The predicted octanol–water partition coefficient (Wildman–Crippen LogP) is 2.79. The standard InChI is InChI=1S/C18H15NO2/c1-14-11-15(12-19)8-9-17(14)13-21-18-7-3-2-5-16(18)6-4-10-20/h2-3,5,7-9,11,20H,10,13H2,1H3. The van der Waals surface area contributed by atoms with E-state index < -0.39 is 0 Å². The van der Waals surface area contributed by atoms with Crippen molar-refractivity contribution in [2.75, 3.05) is 6.61 Å². The van der Waals surface area contributed by atoms with E-state index in [-0.39, 0.29) is 6.61 Å². The van der Waals surface area contributed by atoms with E-state index >= 15 is 0 Å². The minimum Gasteiger partial charge on any atom is -0.488 e. The molecule has 0 spiro atoms. The van der Waals surface area contributed by atoms with E-state index in [4.69, 9.17) is 15.1 Å². The third-order valence-electron chi connectivity index (χ3n) is 3.04. The van der Waals surface area contributed by atoms with Crippen molar-refractivity contribution in [3.05, 3.63) is 64.7 Å². The Morgan fingerprint density at radius 1 is 1.19 bits per heavy atom. The number of nitrogens with zero attached hydrogens (tertiary/aromatic N) is 1. The molecule has 2 aromatic carbocycles. The monoisotopic (exact) mass is 277 g/mol. The van der Waals surface area contributed by atoms with Crippen LogP contribution in [0.25, 0.3) is 0 Å². The lowest BCUT2D eigenvalue weighted by molar-refractivity contribution is 0.304. The van der Waals surface area contributed by atoms with Crippen LogP contribution in [0.5, 0.6) is 5.75 Å². The first-order valence-corrected chi connectivity index (χ1v) is 6.56. The number of aliphatic hydroxyl groups is 1. The Kier molecular flexibility index (Phi) is 4.99. The van der Waals surface area contributed by atoms with Crippen molar-refractivity contribution in [1.29, 1.82) is 5.26 Å². The van der Waals surface area contributed by atoms with Crippen LogP contribution in [-0.4, -0.2) is 11.7 Å². The number of para-hydroxylation sites is 1. The van der Waals surface area contributed by atoms with Gasteiger partial charge in [0.15, 0.2) is 0 Å². The molecule has 1 N–H and O–H groups in total. The fraction of sp³-hybridized carbons (Fsp3) is 0.167. The maximum Gasteiger partial charge on any atom is 0.135 e. The fourth-order valence-electron chi connectivity index (χ4n) is 1.91. The van der Waals surface area contributed by atoms with Crippen molar-refractivity contribution in [3.63, 3.8) is 0 Å². The summed E-state index contributed by atoms with van der Waals surface area (Å²) in [6.45, 7) is 2.19. The Hall–Kier alpha value is -2.75. The predicted molar refractivity (Wildman–Crippen MR) is 80.6 cm³/mol. The number of ether oxygens (including phenoxy) is 1. The van der Waals surface area contributed by atoms with E-state index in [0.29, 0.717) is 17.9 Å². The Balaban J connectivity index is 2.15. The SMILES string of the molecule is Cc1cc(C#N)ccc1COc1ccccc1C#CCO. The molecule has 0 heterocycles. The van der Waals surface area contributed by atoms with E-state index in [1.165, 1.54) is 0 Å². The zero-order valence-electron chi connectivity index (χ0n) is 11.8. The Morgan fingerprint density at radius 2 is 2.00 bits per heavy atom. The molecule has 3 nitrogen and oxygen atoms in total. The highest BCUT2D eigenvalue weighted by molar-refractivity contribution is 5.46. The van der Waals surface area contributed by atoms with Crippen molar-refractivity contribution in [2.45, 2.75) is 13.5 Å². The molecular formula is C18H15NO2. The summed E-state index contributed by atoms with van der Waals surface area (Å²) in [5, 5.41) is 17.6. The number of hydrogen-bond acceptors (Lipinski definition) is 3. The van der Waals surface area contributed by atoms with Crippen LogP contribution >= 0.6 is 0 Å². The van der Waals surface area contributed by atoms with Gasteiger partial charge in [-0.2, -0.15) is 5.26 Å². The Morgan fingerprint density at radius 3 is 2.71 bits per heavy atom. The molecule has 21 heavy (non-hydrogen) atoms. The number of hydrogen-bond donors (Lipinski definition) is 1. The normalized spacial score (nSPS) is 9.38. The molecule has 0 amide bonds. The second-order valence-electron chi connectivity index (χ2n) is 4.50. The van der Waals surface area contributed by atoms with Gasteiger partial charge in [0, 0.05) is 0 Å². The van der Waals surface area contributed by atoms with Crippen LogP contribution in [-0.2, 0) is 6.61 Å². The minimum absolute atomic E-state index is 0.178. The van der Waals surface area contributed by atoms with Gasteiger partial charge in [0.1, 0.15) is 19.0 Å². The lowest BCUT2D eigenvalue weighted by atomic mass is 10.1. The van der Waals surface area contributed by atoms with Gasteiger partial charge < -0.3 is 9.84 Å². The smallest absolute Gasteiger partial charge is 0.135 e. The minimum atomic E-state index is -0.178. The molecule has 0 fully saturated rings. The molecule has 0 atom stereocenters. The van der Waals surface area contributed by atoms with Gasteiger partial charge in [0.05, 0.1) is 17.2 Å². The van der Waals surface area contributed by atoms with Crippen molar-refractivity contribution < 1.29 is 9.84 Å². The van der Waals surface area contributed by atoms with Crippen LogP contribution in [0.15, 0.2) is 42.5 Å². The van der Waals surface area contributed by atoms with Crippen molar-refractivity contribution in [1.82, 2.24) is 0 Å². The van der Waals surface area contributed by atoms with Crippen LogP contribution < -0.4 is 4.74 Å². The van der Waals surface area contributed by atoms with Crippen LogP contribution in [0.3, 0.4) is 0 Å². The average molecular weight is 277 g/mol. The number of rotatable bonds is 3. The second kappa shape index (κ2) is 7.14. The largest absolute Gasteiger partial charge is 0.488 e. The highest BCUT2D eigenvalue weighted by Gasteiger charge is 2.04. The summed E-state index contributed by atoms with van der Waals surface area (Å²) >= 11 is 0. The maximum absolute atomic E-state index is 8.86. The van der Waals surface area contributed by atoms with Crippen molar-refractivity contribution in [3.8, 4) is 23.7 Å². The van der Waals surface area contributed by atoms with Crippen LogP contribution in [0.2, 0.25) is 0 Å². The quantitative estimate of drug-likeness (QED) is 0.878. The van der Waals surface area contributed by atoms with Crippen molar-refractivity contribution >= 4 is 0 Å². The fourth-order valence-corrected chi connectivity index (χ4v) is 1.91. The summed E-state index contributed by atoms with van der Waals surface area (Å²) in [4.78, 5) is 0. The van der Waals surface area contributed by atoms with E-state index in [2.05, 4.69) is 17.9 Å². The van der Waals surface area contributed by atoms with E-state index in [1.54, 1.807) is 6.07 Å². The molecule has 0 unspecified atom stereocenters. The molecule has 0 aliphatic rings. The van der Waals surface area contributed by atoms with E-state index in [9.17, 15) is 0 Å². The molecule has 2 aromatic rings. The molecule has 2 rings (SSSR count). The van der Waals surface area contributed by atoms with Gasteiger partial charge in [-0.05, 0) is 42.3 Å². The first kappa shape index (κ1) is 14.7. The Labute approximate surface area is 124 Å². The van der Waals surface area contributed by atoms with Gasteiger partial charge in [0.25, 0.3) is 0 Å². The summed E-state index contributed by atoms with van der Waals surface area (Å²) in [6, 6.07) is 15.1. The molecule has 3 heteroatoms. The number of aliphatic hydroxyl groups excluding tert-OH is 1. The molecule has 104 valence electrons. The van der Waals surface area contributed by atoms with Gasteiger partial charge in [-0.15, -0.1) is 0 Å². The zero-order chi connectivity index (χ0) is 15.1. The maximum atomic E-state index is 8.86. The molecule has 0 bridgehead atoms. The summed E-state index contributed by atoms with van der Waals surface area (Å²) in [7, 11) is 0. The number of aryl methyl sites for hydroxylation is 1. The zero-order valence-corrected chi connectivity index (χ0v) is 11.8. The third-order valence-corrected chi connectivity index (χ3v) is 3.04. The molecule has 0 aliphatic heterocycles. The molecule has 0 radical (unpaired) electrons. The Bertz CT molecular complexity index is 733. The van der Waals surface area contributed by atoms with Gasteiger partial charge in [-0.1, -0.05) is 30.0 Å². The van der Waals surface area contributed by atoms with Crippen LogP contribution in [0.4, 0.5) is 0 Å². The molecule has 0 aliphatic carbocycles. The highest BCUT2D eigenvalue weighted by atomic mass is 16.5. The molecule has 0 aromatic heterocycles. The molecule has 0 saturated heterocycles. The molecule has 0 saturated carbocycles. The molecular weight excluding hydrogens is 262 g/mol. The average Bonchev–Trinajstić information content (AvgIpc) is 2.52. The van der Waals surface area contributed by atoms with Gasteiger partial charge in [-0.25, -0.2) is 0 Å². The summed E-state index contributed by atoms with van der Waals surface area (Å²) in [5.74, 6) is 6.17. The van der Waals surface area contributed by atoms with Gasteiger partial charge >= 0.3 is 0 Å². The lowest BCUT2D eigenvalue weighted by Crippen LogP contribution is -1.99. The van der Waals surface area contributed by atoms with Gasteiger partial charge in [-0.3, -0.25) is 0 Å². The summed E-state index contributed by atoms with van der Waals surface area (Å²) in [5.41, 5.74) is 3.44. The highest BCUT2D eigenvalue weighted by Crippen LogP contribution is 2.19. The number of nitriles is 1. The first-order chi connectivity index (χ1) is 10.2. The summed E-state index contributed by atoms with van der Waals surface area (Å²) in [6.07, 6.45) is 0. The van der Waals surface area contributed by atoms with E-state index in [1.807, 2.05) is 43.3 Å². The van der Waals surface area contributed by atoms with Crippen LogP contribution in [0, 0.1) is 30.1 Å². The lowest BCUT2D eigenvalue weighted by Gasteiger charge is -2.10. The van der Waals surface area contributed by atoms with Crippen LogP contribution in [0.1, 0.15) is 22.3 Å².